The third kappa shape index (κ3) is 2.63. The van der Waals surface area contributed by atoms with Crippen molar-refractivity contribution in [2.24, 2.45) is 0 Å². The fourth-order valence-corrected chi connectivity index (χ4v) is 2.35. The van der Waals surface area contributed by atoms with Crippen LogP contribution in [0.15, 0.2) is 18.2 Å². The van der Waals surface area contributed by atoms with E-state index < -0.39 is 11.6 Å². The number of urea groups is 1. The van der Waals surface area contributed by atoms with Crippen molar-refractivity contribution >= 4 is 23.5 Å². The Bertz CT molecular complexity index is 388. The van der Waals surface area contributed by atoms with Crippen molar-refractivity contribution in [2.75, 3.05) is 23.5 Å². The lowest BCUT2D eigenvalue weighted by Gasteiger charge is -2.15. The smallest absolute Gasteiger partial charge is 0.314 e. The SMILES string of the molecule is O=C(Nc1cc(F)cc(F)c1)N1CCSC1. The number of hydrogen-bond acceptors (Lipinski definition) is 2. The molecule has 0 radical (unpaired) electrons. The summed E-state index contributed by atoms with van der Waals surface area (Å²) in [5.41, 5.74) is 0.138. The number of rotatable bonds is 1. The van der Waals surface area contributed by atoms with E-state index in [4.69, 9.17) is 0 Å². The average Bonchev–Trinajstić information content (AvgIpc) is 2.68. The van der Waals surface area contributed by atoms with Crippen molar-refractivity contribution in [1.82, 2.24) is 4.90 Å². The number of nitrogens with zero attached hydrogens (tertiary/aromatic N) is 1. The maximum atomic E-state index is 12.8. The molecule has 1 aromatic carbocycles. The van der Waals surface area contributed by atoms with Crippen LogP contribution in [0.3, 0.4) is 0 Å². The molecule has 2 rings (SSSR count). The average molecular weight is 244 g/mol. The lowest BCUT2D eigenvalue weighted by atomic mass is 10.3. The summed E-state index contributed by atoms with van der Waals surface area (Å²) < 4.78 is 25.7. The Morgan fingerprint density at radius 2 is 2.00 bits per heavy atom. The Morgan fingerprint density at radius 1 is 1.31 bits per heavy atom. The van der Waals surface area contributed by atoms with Gasteiger partial charge in [-0.2, -0.15) is 0 Å². The van der Waals surface area contributed by atoms with Crippen LogP contribution in [0.5, 0.6) is 0 Å². The molecule has 86 valence electrons. The van der Waals surface area contributed by atoms with Crippen molar-refractivity contribution in [1.29, 1.82) is 0 Å². The zero-order valence-corrected chi connectivity index (χ0v) is 9.19. The van der Waals surface area contributed by atoms with Crippen LogP contribution in [-0.2, 0) is 0 Å². The van der Waals surface area contributed by atoms with Gasteiger partial charge in [0.1, 0.15) is 11.6 Å². The van der Waals surface area contributed by atoms with Crippen molar-refractivity contribution in [3.63, 3.8) is 0 Å². The molecule has 2 amide bonds. The zero-order valence-electron chi connectivity index (χ0n) is 8.37. The number of nitrogens with one attached hydrogen (secondary N) is 1. The zero-order chi connectivity index (χ0) is 11.5. The maximum absolute atomic E-state index is 12.8. The van der Waals surface area contributed by atoms with E-state index in [1.165, 1.54) is 0 Å². The predicted molar refractivity (Wildman–Crippen MR) is 59.4 cm³/mol. The molecule has 6 heteroatoms. The normalized spacial score (nSPS) is 15.2. The van der Waals surface area contributed by atoms with E-state index in [2.05, 4.69) is 5.32 Å². The highest BCUT2D eigenvalue weighted by atomic mass is 32.2. The monoisotopic (exact) mass is 244 g/mol. The molecule has 1 aliphatic heterocycles. The van der Waals surface area contributed by atoms with Gasteiger partial charge < -0.3 is 10.2 Å². The van der Waals surface area contributed by atoms with Gasteiger partial charge in [0, 0.05) is 24.1 Å². The summed E-state index contributed by atoms with van der Waals surface area (Å²) in [5, 5.41) is 2.46. The molecule has 1 fully saturated rings. The summed E-state index contributed by atoms with van der Waals surface area (Å²) in [6.07, 6.45) is 0. The number of amides is 2. The number of anilines is 1. The third-order valence-corrected chi connectivity index (χ3v) is 3.12. The number of benzene rings is 1. The molecule has 1 aromatic rings. The van der Waals surface area contributed by atoms with Crippen molar-refractivity contribution in [2.45, 2.75) is 0 Å². The molecular formula is C10H10F2N2OS. The molecule has 1 saturated heterocycles. The molecule has 0 atom stereocenters. The van der Waals surface area contributed by atoms with E-state index in [0.717, 1.165) is 24.0 Å². The lowest BCUT2D eigenvalue weighted by Crippen LogP contribution is -2.32. The van der Waals surface area contributed by atoms with E-state index in [-0.39, 0.29) is 11.7 Å². The Morgan fingerprint density at radius 3 is 2.56 bits per heavy atom. The van der Waals surface area contributed by atoms with Crippen molar-refractivity contribution in [3.05, 3.63) is 29.8 Å². The highest BCUT2D eigenvalue weighted by Gasteiger charge is 2.18. The highest BCUT2D eigenvalue weighted by Crippen LogP contribution is 2.17. The van der Waals surface area contributed by atoms with E-state index >= 15 is 0 Å². The van der Waals surface area contributed by atoms with Crippen LogP contribution in [0.4, 0.5) is 19.3 Å². The van der Waals surface area contributed by atoms with Gasteiger partial charge in [0.2, 0.25) is 0 Å². The number of carbonyl (C=O) groups excluding carboxylic acids is 1. The summed E-state index contributed by atoms with van der Waals surface area (Å²) in [6.45, 7) is 0.661. The van der Waals surface area contributed by atoms with Crippen molar-refractivity contribution in [3.8, 4) is 0 Å². The fourth-order valence-electron chi connectivity index (χ4n) is 1.40. The van der Waals surface area contributed by atoms with Crippen LogP contribution in [-0.4, -0.2) is 29.1 Å². The quantitative estimate of drug-likeness (QED) is 0.823. The fraction of sp³-hybridized carbons (Fsp3) is 0.300. The minimum absolute atomic E-state index is 0.138. The topological polar surface area (TPSA) is 32.3 Å². The molecule has 1 aliphatic rings. The second-order valence-electron chi connectivity index (χ2n) is 3.39. The summed E-state index contributed by atoms with van der Waals surface area (Å²) in [4.78, 5) is 13.2. The Labute approximate surface area is 95.8 Å². The number of hydrogen-bond donors (Lipinski definition) is 1. The van der Waals surface area contributed by atoms with E-state index in [1.807, 2.05) is 0 Å². The molecule has 0 aromatic heterocycles. The van der Waals surface area contributed by atoms with Gasteiger partial charge >= 0.3 is 6.03 Å². The Balaban J connectivity index is 2.05. The predicted octanol–water partition coefficient (Wildman–Crippen LogP) is 2.50. The first-order valence-electron chi connectivity index (χ1n) is 4.75. The van der Waals surface area contributed by atoms with Gasteiger partial charge in [0.05, 0.1) is 5.88 Å². The first-order chi connectivity index (χ1) is 7.65. The van der Waals surface area contributed by atoms with Gasteiger partial charge in [-0.3, -0.25) is 0 Å². The van der Waals surface area contributed by atoms with Gasteiger partial charge in [-0.25, -0.2) is 13.6 Å². The molecule has 0 unspecified atom stereocenters. The van der Waals surface area contributed by atoms with Crippen molar-refractivity contribution < 1.29 is 13.6 Å². The van der Waals surface area contributed by atoms with Crippen LogP contribution in [0.25, 0.3) is 0 Å². The number of thioether (sulfide) groups is 1. The second kappa shape index (κ2) is 4.69. The van der Waals surface area contributed by atoms with Crippen LogP contribution in [0.1, 0.15) is 0 Å². The Kier molecular flexibility index (Phi) is 3.28. The van der Waals surface area contributed by atoms with Crippen LogP contribution in [0.2, 0.25) is 0 Å². The number of halogens is 2. The van der Waals surface area contributed by atoms with Gasteiger partial charge in [0.15, 0.2) is 0 Å². The first kappa shape index (κ1) is 11.2. The lowest BCUT2D eigenvalue weighted by molar-refractivity contribution is 0.225. The van der Waals surface area contributed by atoms with Crippen LogP contribution >= 0.6 is 11.8 Å². The van der Waals surface area contributed by atoms with Gasteiger partial charge in [-0.15, -0.1) is 11.8 Å². The molecule has 16 heavy (non-hydrogen) atoms. The Hall–Kier alpha value is -1.30. The molecule has 0 bridgehead atoms. The minimum Gasteiger partial charge on any atom is -0.314 e. The summed E-state index contributed by atoms with van der Waals surface area (Å²) in [5.74, 6) is 0.103. The molecule has 1 N–H and O–H groups in total. The number of carbonyl (C=O) groups is 1. The molecule has 3 nitrogen and oxygen atoms in total. The maximum Gasteiger partial charge on any atom is 0.322 e. The van der Waals surface area contributed by atoms with Gasteiger partial charge in [0.25, 0.3) is 0 Å². The highest BCUT2D eigenvalue weighted by molar-refractivity contribution is 7.99. The van der Waals surface area contributed by atoms with Crippen LogP contribution in [0, 0.1) is 11.6 Å². The standard InChI is InChI=1S/C10H10F2N2OS/c11-7-3-8(12)5-9(4-7)13-10(15)14-1-2-16-6-14/h3-5H,1-2,6H2,(H,13,15). The van der Waals surface area contributed by atoms with Gasteiger partial charge in [-0.05, 0) is 12.1 Å². The van der Waals surface area contributed by atoms with Gasteiger partial charge in [-0.1, -0.05) is 0 Å². The second-order valence-corrected chi connectivity index (χ2v) is 4.46. The van der Waals surface area contributed by atoms with E-state index in [9.17, 15) is 13.6 Å². The largest absolute Gasteiger partial charge is 0.322 e. The summed E-state index contributed by atoms with van der Waals surface area (Å²) >= 11 is 1.64. The molecular weight excluding hydrogens is 234 g/mol. The molecule has 0 saturated carbocycles. The molecule has 1 heterocycles. The van der Waals surface area contributed by atoms with Crippen LogP contribution < -0.4 is 5.32 Å². The third-order valence-electron chi connectivity index (χ3n) is 2.15. The minimum atomic E-state index is -0.703. The summed E-state index contributed by atoms with van der Waals surface area (Å²) in [6, 6.07) is 2.62. The molecule has 0 aliphatic carbocycles. The van der Waals surface area contributed by atoms with E-state index in [1.54, 1.807) is 16.7 Å². The van der Waals surface area contributed by atoms with E-state index in [0.29, 0.717) is 12.4 Å². The first-order valence-corrected chi connectivity index (χ1v) is 5.90. The molecule has 0 spiro atoms. The summed E-state index contributed by atoms with van der Waals surface area (Å²) in [7, 11) is 0.